The number of carbonyl (C=O) groups excluding carboxylic acids is 1. The highest BCUT2D eigenvalue weighted by molar-refractivity contribution is 9.10. The van der Waals surface area contributed by atoms with Crippen LogP contribution in [0.2, 0.25) is 0 Å². The largest absolute Gasteiger partial charge is 0.492 e. The van der Waals surface area contributed by atoms with Crippen molar-refractivity contribution in [1.29, 1.82) is 0 Å². The van der Waals surface area contributed by atoms with Crippen molar-refractivity contribution in [3.05, 3.63) is 28.2 Å². The molecule has 1 rings (SSSR count). The Labute approximate surface area is 104 Å². The van der Waals surface area contributed by atoms with Crippen LogP contribution in [0, 0.1) is 5.92 Å². The average molecular weight is 285 g/mol. The number of hydrogen-bond donors (Lipinski definition) is 0. The second kappa shape index (κ2) is 5.89. The minimum absolute atomic E-state index is 0.303. The van der Waals surface area contributed by atoms with Crippen LogP contribution in [-0.4, -0.2) is 12.5 Å². The number of nitrogens with one attached hydrogen (secondary N) is 1. The molecule has 1 aromatic rings. The van der Waals surface area contributed by atoms with Gasteiger partial charge in [-0.1, -0.05) is 36.2 Å². The molecule has 0 aliphatic rings. The second-order valence-corrected chi connectivity index (χ2v) is 4.71. The van der Waals surface area contributed by atoms with E-state index in [1.807, 2.05) is 0 Å². The van der Waals surface area contributed by atoms with E-state index < -0.39 is 5.91 Å². The fourth-order valence-corrected chi connectivity index (χ4v) is 1.52. The SMILES string of the molecule is CC[C@H](C)COc1ccc(Br)cc1C([NH])=O. The first-order chi connectivity index (χ1) is 7.54. The van der Waals surface area contributed by atoms with E-state index in [0.29, 0.717) is 23.8 Å². The van der Waals surface area contributed by atoms with Gasteiger partial charge >= 0.3 is 0 Å². The van der Waals surface area contributed by atoms with Crippen molar-refractivity contribution in [3.63, 3.8) is 0 Å². The highest BCUT2D eigenvalue weighted by Crippen LogP contribution is 2.23. The van der Waals surface area contributed by atoms with Gasteiger partial charge in [-0.25, -0.2) is 0 Å². The lowest BCUT2D eigenvalue weighted by Gasteiger charge is -2.13. The van der Waals surface area contributed by atoms with Gasteiger partial charge in [0.25, 0.3) is 5.91 Å². The highest BCUT2D eigenvalue weighted by Gasteiger charge is 2.11. The third kappa shape index (κ3) is 3.52. The van der Waals surface area contributed by atoms with Crippen molar-refractivity contribution < 1.29 is 9.53 Å². The van der Waals surface area contributed by atoms with Crippen molar-refractivity contribution in [2.75, 3.05) is 6.61 Å². The Hall–Kier alpha value is -1.03. The van der Waals surface area contributed by atoms with Crippen LogP contribution in [0.5, 0.6) is 5.75 Å². The molecule has 0 spiro atoms. The molecule has 0 aliphatic heterocycles. The number of ether oxygens (including phenoxy) is 1. The second-order valence-electron chi connectivity index (χ2n) is 3.79. The Morgan fingerprint density at radius 3 is 2.81 bits per heavy atom. The monoisotopic (exact) mass is 284 g/mol. The molecule has 4 heteroatoms. The van der Waals surface area contributed by atoms with Crippen LogP contribution in [-0.2, 0) is 0 Å². The normalized spacial score (nSPS) is 12.2. The first-order valence-electron chi connectivity index (χ1n) is 5.22. The average Bonchev–Trinajstić information content (AvgIpc) is 2.26. The summed E-state index contributed by atoms with van der Waals surface area (Å²) in [5.74, 6) is 0.210. The molecule has 3 nitrogen and oxygen atoms in total. The summed E-state index contributed by atoms with van der Waals surface area (Å²) in [5.41, 5.74) is 7.45. The molecule has 1 atom stereocenters. The summed E-state index contributed by atoms with van der Waals surface area (Å²) in [6.07, 6.45) is 1.03. The van der Waals surface area contributed by atoms with Crippen LogP contribution >= 0.6 is 15.9 Å². The molecule has 0 saturated carbocycles. The summed E-state index contributed by atoms with van der Waals surface area (Å²) in [4.78, 5) is 11.1. The topological polar surface area (TPSA) is 50.1 Å². The van der Waals surface area contributed by atoms with Crippen molar-refractivity contribution in [2.45, 2.75) is 20.3 Å². The Kier molecular flexibility index (Phi) is 4.80. The Morgan fingerprint density at radius 2 is 2.25 bits per heavy atom. The maximum atomic E-state index is 11.1. The van der Waals surface area contributed by atoms with Gasteiger partial charge in [0.2, 0.25) is 0 Å². The van der Waals surface area contributed by atoms with E-state index in [-0.39, 0.29) is 0 Å². The first-order valence-corrected chi connectivity index (χ1v) is 6.02. The van der Waals surface area contributed by atoms with Gasteiger partial charge in [0.05, 0.1) is 12.2 Å². The quantitative estimate of drug-likeness (QED) is 0.833. The van der Waals surface area contributed by atoms with Crippen molar-refractivity contribution >= 4 is 21.8 Å². The van der Waals surface area contributed by atoms with E-state index in [1.165, 1.54) is 0 Å². The van der Waals surface area contributed by atoms with Crippen molar-refractivity contribution in [2.24, 2.45) is 5.92 Å². The summed E-state index contributed by atoms with van der Waals surface area (Å²) in [6, 6.07) is 5.13. The fourth-order valence-electron chi connectivity index (χ4n) is 1.16. The van der Waals surface area contributed by atoms with Gasteiger partial charge in [-0.3, -0.25) is 10.5 Å². The number of rotatable bonds is 5. The molecule has 1 aromatic carbocycles. The molecule has 0 bridgehead atoms. The maximum Gasteiger partial charge on any atom is 0.273 e. The molecule has 0 heterocycles. The first kappa shape index (κ1) is 13.0. The van der Waals surface area contributed by atoms with E-state index >= 15 is 0 Å². The lowest BCUT2D eigenvalue weighted by atomic mass is 10.1. The molecule has 16 heavy (non-hydrogen) atoms. The van der Waals surface area contributed by atoms with Crippen LogP contribution in [0.1, 0.15) is 30.6 Å². The zero-order valence-electron chi connectivity index (χ0n) is 9.42. The number of amides is 1. The van der Waals surface area contributed by atoms with Crippen LogP contribution in [0.3, 0.4) is 0 Å². The molecule has 0 fully saturated rings. The third-order valence-electron chi connectivity index (χ3n) is 2.41. The smallest absolute Gasteiger partial charge is 0.273 e. The third-order valence-corrected chi connectivity index (χ3v) is 2.90. The Balaban J connectivity index is 2.82. The zero-order valence-corrected chi connectivity index (χ0v) is 11.0. The van der Waals surface area contributed by atoms with Gasteiger partial charge < -0.3 is 4.74 Å². The summed E-state index contributed by atoms with van der Waals surface area (Å²) in [5, 5.41) is 0. The lowest BCUT2D eigenvalue weighted by molar-refractivity contribution is 0.0987. The number of carbonyl (C=O) groups is 1. The van der Waals surface area contributed by atoms with Crippen LogP contribution in [0.25, 0.3) is 0 Å². The Morgan fingerprint density at radius 1 is 1.56 bits per heavy atom. The van der Waals surface area contributed by atoms with E-state index in [1.54, 1.807) is 18.2 Å². The van der Waals surface area contributed by atoms with E-state index in [2.05, 4.69) is 29.8 Å². The predicted octanol–water partition coefficient (Wildman–Crippen LogP) is 3.30. The van der Waals surface area contributed by atoms with Gasteiger partial charge in [-0.2, -0.15) is 0 Å². The van der Waals surface area contributed by atoms with Crippen molar-refractivity contribution in [1.82, 2.24) is 5.73 Å². The molecular formula is C12H15BrNO2. The van der Waals surface area contributed by atoms with E-state index in [4.69, 9.17) is 10.5 Å². The summed E-state index contributed by atoms with van der Waals surface area (Å²) < 4.78 is 6.32. The van der Waals surface area contributed by atoms with E-state index in [0.717, 1.165) is 10.9 Å². The van der Waals surface area contributed by atoms with E-state index in [9.17, 15) is 4.79 Å². The van der Waals surface area contributed by atoms with Gasteiger partial charge in [-0.15, -0.1) is 0 Å². The minimum atomic E-state index is -0.722. The fraction of sp³-hybridized carbons (Fsp3) is 0.417. The zero-order chi connectivity index (χ0) is 12.1. The van der Waals surface area contributed by atoms with Gasteiger partial charge in [0.1, 0.15) is 5.75 Å². The van der Waals surface area contributed by atoms with Gasteiger partial charge in [0, 0.05) is 4.47 Å². The molecular weight excluding hydrogens is 270 g/mol. The van der Waals surface area contributed by atoms with Crippen LogP contribution in [0.15, 0.2) is 22.7 Å². The number of halogens is 1. The molecule has 0 aromatic heterocycles. The molecule has 1 N–H and O–H groups in total. The molecule has 1 amide bonds. The standard InChI is InChI=1S/C12H15BrNO2/c1-3-8(2)7-16-11-5-4-9(13)6-10(11)12(14)15/h4-6,8,14H,3,7H2,1-2H3/t8-/m0/s1. The molecule has 87 valence electrons. The summed E-state index contributed by atoms with van der Waals surface area (Å²) in [6.45, 7) is 4.74. The van der Waals surface area contributed by atoms with Crippen LogP contribution < -0.4 is 10.5 Å². The van der Waals surface area contributed by atoms with Crippen molar-refractivity contribution in [3.8, 4) is 5.75 Å². The highest BCUT2D eigenvalue weighted by atomic mass is 79.9. The summed E-state index contributed by atoms with van der Waals surface area (Å²) >= 11 is 3.27. The van der Waals surface area contributed by atoms with Gasteiger partial charge in [-0.05, 0) is 24.1 Å². The minimum Gasteiger partial charge on any atom is -0.492 e. The predicted molar refractivity (Wildman–Crippen MR) is 66.5 cm³/mol. The molecule has 0 saturated heterocycles. The number of hydrogen-bond acceptors (Lipinski definition) is 2. The van der Waals surface area contributed by atoms with Gasteiger partial charge in [0.15, 0.2) is 0 Å². The molecule has 0 unspecified atom stereocenters. The lowest BCUT2D eigenvalue weighted by Crippen LogP contribution is -2.10. The van der Waals surface area contributed by atoms with Crippen LogP contribution in [0.4, 0.5) is 0 Å². The maximum absolute atomic E-state index is 11.1. The molecule has 0 aliphatic carbocycles. The molecule has 1 radical (unpaired) electrons. The summed E-state index contributed by atoms with van der Waals surface area (Å²) in [7, 11) is 0. The number of benzene rings is 1. The Bertz CT molecular complexity index is 379.